The molecule has 0 aliphatic carbocycles. The predicted octanol–water partition coefficient (Wildman–Crippen LogP) is 2.28. The van der Waals surface area contributed by atoms with Crippen LogP contribution in [-0.2, 0) is 9.84 Å². The summed E-state index contributed by atoms with van der Waals surface area (Å²) in [6.07, 6.45) is 5.35. The van der Waals surface area contributed by atoms with Gasteiger partial charge in [0.05, 0.1) is 17.2 Å². The quantitative estimate of drug-likeness (QED) is 0.807. The van der Waals surface area contributed by atoms with E-state index in [0.717, 1.165) is 24.2 Å². The Kier molecular flexibility index (Phi) is 2.83. The molecule has 6 heteroatoms. The molecule has 1 aliphatic rings. The molecule has 1 atom stereocenters. The summed E-state index contributed by atoms with van der Waals surface area (Å²) < 4.78 is 25.2. The lowest BCUT2D eigenvalue weighted by atomic mass is 10.0. The van der Waals surface area contributed by atoms with Crippen LogP contribution in [0.25, 0.3) is 5.65 Å². The Balaban J connectivity index is 1.99. The van der Waals surface area contributed by atoms with Gasteiger partial charge in [-0.05, 0) is 25.0 Å². The summed E-state index contributed by atoms with van der Waals surface area (Å²) in [5.74, 6) is 0.537. The van der Waals surface area contributed by atoms with Crippen molar-refractivity contribution in [2.75, 3.05) is 11.5 Å². The first-order valence-corrected chi connectivity index (χ1v) is 8.08. The smallest absolute Gasteiger partial charge is 0.150 e. The second-order valence-corrected chi connectivity index (χ2v) is 7.39. The average Bonchev–Trinajstić information content (AvgIpc) is 2.70. The number of rotatable bonds is 1. The molecule has 1 unspecified atom stereocenters. The first-order valence-electron chi connectivity index (χ1n) is 5.88. The zero-order valence-corrected chi connectivity index (χ0v) is 11.3. The number of nitrogens with zero attached hydrogens (tertiary/aromatic N) is 2. The number of imidazole rings is 1. The fourth-order valence-electron chi connectivity index (χ4n) is 2.43. The van der Waals surface area contributed by atoms with Crippen molar-refractivity contribution in [2.24, 2.45) is 0 Å². The Hall–Kier alpha value is -1.07. The van der Waals surface area contributed by atoms with Crippen LogP contribution in [0.1, 0.15) is 24.5 Å². The van der Waals surface area contributed by atoms with Crippen LogP contribution in [0.4, 0.5) is 0 Å². The van der Waals surface area contributed by atoms with E-state index in [0.29, 0.717) is 10.8 Å². The van der Waals surface area contributed by atoms with Crippen LogP contribution in [0.15, 0.2) is 24.5 Å². The van der Waals surface area contributed by atoms with E-state index in [-0.39, 0.29) is 11.7 Å². The Morgan fingerprint density at radius 2 is 2.28 bits per heavy atom. The van der Waals surface area contributed by atoms with Gasteiger partial charge in [-0.2, -0.15) is 0 Å². The topological polar surface area (TPSA) is 51.4 Å². The van der Waals surface area contributed by atoms with E-state index >= 15 is 0 Å². The van der Waals surface area contributed by atoms with E-state index in [9.17, 15) is 8.42 Å². The normalized spacial score (nSPS) is 23.3. The summed E-state index contributed by atoms with van der Waals surface area (Å²) in [5.41, 5.74) is 1.61. The molecular weight excluding hydrogens is 272 g/mol. The Morgan fingerprint density at radius 3 is 3.06 bits per heavy atom. The molecule has 18 heavy (non-hydrogen) atoms. The van der Waals surface area contributed by atoms with Crippen LogP contribution < -0.4 is 0 Å². The van der Waals surface area contributed by atoms with Crippen molar-refractivity contribution in [3.63, 3.8) is 0 Å². The summed E-state index contributed by atoms with van der Waals surface area (Å²) in [7, 11) is -2.90. The highest BCUT2D eigenvalue weighted by atomic mass is 35.5. The number of hydrogen-bond acceptors (Lipinski definition) is 3. The molecule has 1 aliphatic heterocycles. The molecular formula is C12H13ClN2O2S. The van der Waals surface area contributed by atoms with Crippen LogP contribution in [0.5, 0.6) is 0 Å². The predicted molar refractivity (Wildman–Crippen MR) is 70.8 cm³/mol. The highest BCUT2D eigenvalue weighted by Gasteiger charge is 2.27. The molecule has 0 bridgehead atoms. The first kappa shape index (κ1) is 12.0. The molecule has 0 saturated carbocycles. The van der Waals surface area contributed by atoms with Gasteiger partial charge in [-0.1, -0.05) is 11.6 Å². The van der Waals surface area contributed by atoms with Crippen molar-refractivity contribution < 1.29 is 8.42 Å². The second-order valence-electron chi connectivity index (χ2n) is 4.73. The standard InChI is InChI=1S/C12H13ClN2O2S/c13-10-3-4-15-7-11(14-12(15)6-10)9-2-1-5-18(16,17)8-9/h3-4,6-7,9H,1-2,5,8H2. The monoisotopic (exact) mass is 284 g/mol. The number of sulfone groups is 1. The van der Waals surface area contributed by atoms with Crippen LogP contribution >= 0.6 is 11.6 Å². The fourth-order valence-corrected chi connectivity index (χ4v) is 4.31. The second kappa shape index (κ2) is 4.24. The van der Waals surface area contributed by atoms with E-state index in [2.05, 4.69) is 4.98 Å². The number of halogens is 1. The van der Waals surface area contributed by atoms with Crippen LogP contribution in [0.2, 0.25) is 5.02 Å². The lowest BCUT2D eigenvalue weighted by Crippen LogP contribution is -2.23. The zero-order chi connectivity index (χ0) is 12.8. The molecule has 3 rings (SSSR count). The Bertz CT molecular complexity index is 693. The van der Waals surface area contributed by atoms with Gasteiger partial charge < -0.3 is 4.40 Å². The molecule has 0 N–H and O–H groups in total. The lowest BCUT2D eigenvalue weighted by molar-refractivity contribution is 0.550. The molecule has 96 valence electrons. The molecule has 0 aromatic carbocycles. The molecule has 2 aromatic rings. The maximum absolute atomic E-state index is 11.6. The SMILES string of the molecule is O=S1(=O)CCCC(c2cn3ccc(Cl)cc3n2)C1. The molecule has 3 heterocycles. The van der Waals surface area contributed by atoms with Gasteiger partial charge >= 0.3 is 0 Å². The van der Waals surface area contributed by atoms with E-state index < -0.39 is 9.84 Å². The largest absolute Gasteiger partial charge is 0.307 e. The summed E-state index contributed by atoms with van der Waals surface area (Å²) in [4.78, 5) is 4.48. The number of fused-ring (bicyclic) bond motifs is 1. The van der Waals surface area contributed by atoms with E-state index in [1.165, 1.54) is 0 Å². The van der Waals surface area contributed by atoms with Crippen molar-refractivity contribution in [2.45, 2.75) is 18.8 Å². The average molecular weight is 285 g/mol. The summed E-state index contributed by atoms with van der Waals surface area (Å²) in [5, 5.41) is 0.635. The van der Waals surface area contributed by atoms with E-state index in [4.69, 9.17) is 11.6 Å². The maximum Gasteiger partial charge on any atom is 0.150 e. The van der Waals surface area contributed by atoms with Crippen LogP contribution in [-0.4, -0.2) is 29.3 Å². The van der Waals surface area contributed by atoms with Gasteiger partial charge in [0.2, 0.25) is 0 Å². The highest BCUT2D eigenvalue weighted by Crippen LogP contribution is 2.28. The first-order chi connectivity index (χ1) is 8.53. The van der Waals surface area contributed by atoms with E-state index in [1.54, 1.807) is 12.1 Å². The van der Waals surface area contributed by atoms with Crippen LogP contribution in [0.3, 0.4) is 0 Å². The number of aromatic nitrogens is 2. The van der Waals surface area contributed by atoms with Crippen molar-refractivity contribution >= 4 is 27.1 Å². The minimum absolute atomic E-state index is 0.0161. The van der Waals surface area contributed by atoms with Gasteiger partial charge in [0, 0.05) is 23.3 Å². The van der Waals surface area contributed by atoms with Crippen molar-refractivity contribution in [1.29, 1.82) is 0 Å². The molecule has 1 fully saturated rings. The third-order valence-corrected chi connectivity index (χ3v) is 5.38. The third kappa shape index (κ3) is 2.24. The van der Waals surface area contributed by atoms with Crippen molar-refractivity contribution in [1.82, 2.24) is 9.38 Å². The molecule has 2 aromatic heterocycles. The van der Waals surface area contributed by atoms with Crippen LogP contribution in [0, 0.1) is 0 Å². The Morgan fingerprint density at radius 1 is 1.44 bits per heavy atom. The summed E-state index contributed by atoms with van der Waals surface area (Å²) in [6.45, 7) is 0. The van der Waals surface area contributed by atoms with Crippen molar-refractivity contribution in [3.05, 3.63) is 35.2 Å². The van der Waals surface area contributed by atoms with Gasteiger partial charge in [-0.25, -0.2) is 13.4 Å². The molecule has 0 radical (unpaired) electrons. The maximum atomic E-state index is 11.6. The zero-order valence-electron chi connectivity index (χ0n) is 9.71. The van der Waals surface area contributed by atoms with Gasteiger partial charge in [0.15, 0.2) is 9.84 Å². The third-order valence-electron chi connectivity index (χ3n) is 3.32. The molecule has 4 nitrogen and oxygen atoms in total. The lowest BCUT2D eigenvalue weighted by Gasteiger charge is -2.19. The molecule has 0 amide bonds. The molecule has 1 saturated heterocycles. The number of pyridine rings is 1. The van der Waals surface area contributed by atoms with Gasteiger partial charge in [-0.3, -0.25) is 0 Å². The van der Waals surface area contributed by atoms with Crippen molar-refractivity contribution in [3.8, 4) is 0 Å². The summed E-state index contributed by atoms with van der Waals surface area (Å²) >= 11 is 5.91. The number of hydrogen-bond donors (Lipinski definition) is 0. The Labute approximate surface area is 111 Å². The van der Waals surface area contributed by atoms with Gasteiger partial charge in [0.25, 0.3) is 0 Å². The fraction of sp³-hybridized carbons (Fsp3) is 0.417. The minimum atomic E-state index is -2.90. The minimum Gasteiger partial charge on any atom is -0.307 e. The van der Waals surface area contributed by atoms with E-state index in [1.807, 2.05) is 16.8 Å². The summed E-state index contributed by atoms with van der Waals surface area (Å²) in [6, 6.07) is 3.57. The van der Waals surface area contributed by atoms with Gasteiger partial charge in [-0.15, -0.1) is 0 Å². The highest BCUT2D eigenvalue weighted by molar-refractivity contribution is 7.91. The molecule has 0 spiro atoms. The van der Waals surface area contributed by atoms with Gasteiger partial charge in [0.1, 0.15) is 5.65 Å².